The molecule has 0 aliphatic rings. The SMILES string of the molecule is COc1ccc([C@@H](C)N)cc1OCc1ccccc1.Cl. The first kappa shape index (κ1) is 16.3. The molecule has 108 valence electrons. The lowest BCUT2D eigenvalue weighted by molar-refractivity contribution is 0.284. The fourth-order valence-electron chi connectivity index (χ4n) is 1.82. The Kier molecular flexibility index (Phi) is 6.36. The van der Waals surface area contributed by atoms with Gasteiger partial charge in [-0.05, 0) is 30.2 Å². The van der Waals surface area contributed by atoms with Gasteiger partial charge in [-0.2, -0.15) is 0 Å². The fourth-order valence-corrected chi connectivity index (χ4v) is 1.82. The van der Waals surface area contributed by atoms with Crippen LogP contribution in [0.4, 0.5) is 0 Å². The Morgan fingerprint density at radius 2 is 1.75 bits per heavy atom. The maximum atomic E-state index is 5.89. The molecule has 20 heavy (non-hydrogen) atoms. The summed E-state index contributed by atoms with van der Waals surface area (Å²) in [4.78, 5) is 0. The van der Waals surface area contributed by atoms with Crippen molar-refractivity contribution in [3.63, 3.8) is 0 Å². The van der Waals surface area contributed by atoms with E-state index in [2.05, 4.69) is 0 Å². The summed E-state index contributed by atoms with van der Waals surface area (Å²) in [6, 6.07) is 15.8. The molecule has 4 heteroatoms. The van der Waals surface area contributed by atoms with Crippen molar-refractivity contribution in [3.05, 3.63) is 59.7 Å². The van der Waals surface area contributed by atoms with Gasteiger partial charge in [-0.25, -0.2) is 0 Å². The molecule has 0 aliphatic heterocycles. The van der Waals surface area contributed by atoms with Gasteiger partial charge < -0.3 is 15.2 Å². The van der Waals surface area contributed by atoms with Gasteiger partial charge in [0.25, 0.3) is 0 Å². The summed E-state index contributed by atoms with van der Waals surface area (Å²) in [6.45, 7) is 2.46. The van der Waals surface area contributed by atoms with Gasteiger partial charge in [-0.3, -0.25) is 0 Å². The molecule has 2 rings (SSSR count). The van der Waals surface area contributed by atoms with E-state index in [0.29, 0.717) is 6.61 Å². The van der Waals surface area contributed by atoms with Gasteiger partial charge in [0, 0.05) is 6.04 Å². The van der Waals surface area contributed by atoms with Crippen LogP contribution >= 0.6 is 12.4 Å². The van der Waals surface area contributed by atoms with Crippen molar-refractivity contribution < 1.29 is 9.47 Å². The van der Waals surface area contributed by atoms with E-state index in [1.54, 1.807) is 7.11 Å². The van der Waals surface area contributed by atoms with Gasteiger partial charge >= 0.3 is 0 Å². The highest BCUT2D eigenvalue weighted by molar-refractivity contribution is 5.85. The third-order valence-electron chi connectivity index (χ3n) is 2.95. The van der Waals surface area contributed by atoms with Gasteiger partial charge in [-0.15, -0.1) is 12.4 Å². The molecule has 0 aliphatic carbocycles. The van der Waals surface area contributed by atoms with Gasteiger partial charge in [0.2, 0.25) is 0 Å². The third kappa shape index (κ3) is 4.15. The molecule has 0 saturated heterocycles. The number of methoxy groups -OCH3 is 1. The van der Waals surface area contributed by atoms with Crippen LogP contribution in [0.25, 0.3) is 0 Å². The van der Waals surface area contributed by atoms with Gasteiger partial charge in [-0.1, -0.05) is 36.4 Å². The zero-order valence-electron chi connectivity index (χ0n) is 11.7. The Hall–Kier alpha value is -1.71. The molecule has 0 aromatic heterocycles. The molecule has 0 amide bonds. The highest BCUT2D eigenvalue weighted by Crippen LogP contribution is 2.30. The zero-order chi connectivity index (χ0) is 13.7. The van der Waals surface area contributed by atoms with Gasteiger partial charge in [0.15, 0.2) is 11.5 Å². The maximum Gasteiger partial charge on any atom is 0.161 e. The maximum absolute atomic E-state index is 5.89. The quantitative estimate of drug-likeness (QED) is 0.914. The normalized spacial score (nSPS) is 11.3. The highest BCUT2D eigenvalue weighted by atomic mass is 35.5. The largest absolute Gasteiger partial charge is 0.493 e. The second-order valence-corrected chi connectivity index (χ2v) is 4.47. The Labute approximate surface area is 126 Å². The predicted molar refractivity (Wildman–Crippen MR) is 83.6 cm³/mol. The van der Waals surface area contributed by atoms with E-state index in [-0.39, 0.29) is 18.4 Å². The van der Waals surface area contributed by atoms with Crippen LogP contribution in [0, 0.1) is 0 Å². The first-order valence-corrected chi connectivity index (χ1v) is 6.31. The molecule has 0 saturated carbocycles. The van der Waals surface area contributed by atoms with E-state index in [1.165, 1.54) is 0 Å². The molecule has 0 fully saturated rings. The molecule has 2 aromatic carbocycles. The number of rotatable bonds is 5. The van der Waals surface area contributed by atoms with Gasteiger partial charge in [0.05, 0.1) is 7.11 Å². The molecule has 0 unspecified atom stereocenters. The van der Waals surface area contributed by atoms with Crippen molar-refractivity contribution in [2.24, 2.45) is 5.73 Å². The number of halogens is 1. The van der Waals surface area contributed by atoms with Crippen molar-refractivity contribution in [2.75, 3.05) is 7.11 Å². The molecule has 2 aromatic rings. The van der Waals surface area contributed by atoms with E-state index in [4.69, 9.17) is 15.2 Å². The van der Waals surface area contributed by atoms with E-state index in [9.17, 15) is 0 Å². The first-order chi connectivity index (χ1) is 9.20. The lowest BCUT2D eigenvalue weighted by Gasteiger charge is -2.14. The topological polar surface area (TPSA) is 44.5 Å². The van der Waals surface area contributed by atoms with Crippen molar-refractivity contribution in [1.82, 2.24) is 0 Å². The smallest absolute Gasteiger partial charge is 0.161 e. The second kappa shape index (κ2) is 7.78. The molecule has 2 N–H and O–H groups in total. The van der Waals surface area contributed by atoms with Crippen molar-refractivity contribution in [2.45, 2.75) is 19.6 Å². The third-order valence-corrected chi connectivity index (χ3v) is 2.95. The number of hydrogen-bond donors (Lipinski definition) is 1. The summed E-state index contributed by atoms with van der Waals surface area (Å²) < 4.78 is 11.1. The monoisotopic (exact) mass is 293 g/mol. The Bertz CT molecular complexity index is 529. The minimum atomic E-state index is -0.0232. The van der Waals surface area contributed by atoms with Crippen molar-refractivity contribution in [3.8, 4) is 11.5 Å². The second-order valence-electron chi connectivity index (χ2n) is 4.47. The minimum absolute atomic E-state index is 0. The summed E-state index contributed by atoms with van der Waals surface area (Å²) in [5, 5.41) is 0. The Balaban J connectivity index is 0.00000200. The van der Waals surface area contributed by atoms with Crippen LogP contribution in [0.3, 0.4) is 0 Å². The average molecular weight is 294 g/mol. The molecule has 0 radical (unpaired) electrons. The van der Waals surface area contributed by atoms with Crippen LogP contribution in [0.15, 0.2) is 48.5 Å². The Morgan fingerprint density at radius 1 is 1.05 bits per heavy atom. The van der Waals surface area contributed by atoms with Crippen LogP contribution in [-0.4, -0.2) is 7.11 Å². The number of hydrogen-bond acceptors (Lipinski definition) is 3. The van der Waals surface area contributed by atoms with Crippen molar-refractivity contribution >= 4 is 12.4 Å². The molecule has 0 spiro atoms. The van der Waals surface area contributed by atoms with Crippen LogP contribution in [0.5, 0.6) is 11.5 Å². The fraction of sp³-hybridized carbons (Fsp3) is 0.250. The summed E-state index contributed by atoms with van der Waals surface area (Å²) in [5.74, 6) is 1.45. The summed E-state index contributed by atoms with van der Waals surface area (Å²) >= 11 is 0. The zero-order valence-corrected chi connectivity index (χ0v) is 12.5. The Morgan fingerprint density at radius 3 is 2.35 bits per heavy atom. The van der Waals surface area contributed by atoms with Gasteiger partial charge in [0.1, 0.15) is 6.61 Å². The number of benzene rings is 2. The van der Waals surface area contributed by atoms with Crippen LogP contribution in [-0.2, 0) is 6.61 Å². The summed E-state index contributed by atoms with van der Waals surface area (Å²) in [7, 11) is 1.64. The minimum Gasteiger partial charge on any atom is -0.493 e. The molecular weight excluding hydrogens is 274 g/mol. The molecule has 1 atom stereocenters. The molecule has 0 heterocycles. The lowest BCUT2D eigenvalue weighted by Crippen LogP contribution is -2.06. The van der Waals surface area contributed by atoms with E-state index >= 15 is 0 Å². The average Bonchev–Trinajstić information content (AvgIpc) is 2.45. The number of ether oxygens (including phenoxy) is 2. The molecular formula is C16H20ClNO2. The first-order valence-electron chi connectivity index (χ1n) is 6.31. The van der Waals surface area contributed by atoms with Crippen LogP contribution in [0.2, 0.25) is 0 Å². The highest BCUT2D eigenvalue weighted by Gasteiger charge is 2.08. The van der Waals surface area contributed by atoms with E-state index < -0.39 is 0 Å². The standard InChI is InChI=1S/C16H19NO2.ClH/c1-12(17)14-8-9-15(18-2)16(10-14)19-11-13-6-4-3-5-7-13;/h3-10,12H,11,17H2,1-2H3;1H/t12-;/m1./s1. The molecule has 0 bridgehead atoms. The number of nitrogens with two attached hydrogens (primary N) is 1. The van der Waals surface area contributed by atoms with Crippen molar-refractivity contribution in [1.29, 1.82) is 0 Å². The van der Waals surface area contributed by atoms with E-state index in [0.717, 1.165) is 22.6 Å². The predicted octanol–water partition coefficient (Wildman–Crippen LogP) is 3.72. The molecule has 3 nitrogen and oxygen atoms in total. The lowest BCUT2D eigenvalue weighted by atomic mass is 10.1. The van der Waals surface area contributed by atoms with E-state index in [1.807, 2.05) is 55.5 Å². The van der Waals surface area contributed by atoms with Crippen LogP contribution in [0.1, 0.15) is 24.1 Å². The van der Waals surface area contributed by atoms with Crippen LogP contribution < -0.4 is 15.2 Å². The summed E-state index contributed by atoms with van der Waals surface area (Å²) in [6.07, 6.45) is 0. The summed E-state index contributed by atoms with van der Waals surface area (Å²) in [5.41, 5.74) is 8.04.